The van der Waals surface area contributed by atoms with E-state index < -0.39 is 5.97 Å². The summed E-state index contributed by atoms with van der Waals surface area (Å²) in [5, 5.41) is 7.42. The molecule has 57 valence electrons. The average molecular weight is 256 g/mol. The van der Waals surface area contributed by atoms with Gasteiger partial charge in [0.1, 0.15) is 0 Å². The Hall–Kier alpha value is -0.511. The van der Waals surface area contributed by atoms with Gasteiger partial charge in [-0.25, -0.2) is 0 Å². The molecule has 0 aliphatic carbocycles. The number of carboxylic acid groups (broad SMARTS) is 1. The van der Waals surface area contributed by atoms with Gasteiger partial charge in [-0.2, -0.15) is 0 Å². The summed E-state index contributed by atoms with van der Waals surface area (Å²) in [7, 11) is 0. The number of hydrogen-bond donors (Lipinski definition) is 1. The summed E-state index contributed by atoms with van der Waals surface area (Å²) in [6.07, 6.45) is 0. The van der Waals surface area contributed by atoms with E-state index in [1.54, 1.807) is 0 Å². The fourth-order valence-corrected chi connectivity index (χ4v) is 0.987. The fourth-order valence-electron chi connectivity index (χ4n) is 0.438. The van der Waals surface area contributed by atoms with Crippen LogP contribution in [0, 0.1) is 0 Å². The van der Waals surface area contributed by atoms with Crippen molar-refractivity contribution >= 4 is 32.1 Å². The van der Waals surface area contributed by atoms with Gasteiger partial charge in [0.2, 0.25) is 0 Å². The molecule has 0 atom stereocenters. The van der Waals surface area contributed by atoms with Crippen LogP contribution < -0.4 is 3.58 Å². The van der Waals surface area contributed by atoms with E-state index in [-0.39, 0.29) is 0 Å². The Bertz CT molecular complexity index is 205. The predicted molar refractivity (Wildman–Crippen MR) is 45.1 cm³/mol. The third kappa shape index (κ3) is 9.49. The summed E-state index contributed by atoms with van der Waals surface area (Å²) >= 11 is 1.49. The summed E-state index contributed by atoms with van der Waals surface area (Å²) in [6, 6.07) is 10.4. The van der Waals surface area contributed by atoms with Gasteiger partial charge in [0.25, 0.3) is 5.97 Å². The topological polar surface area (TPSA) is 37.3 Å². The van der Waals surface area contributed by atoms with Crippen LogP contribution in [-0.2, 0) is 4.79 Å². The van der Waals surface area contributed by atoms with E-state index in [9.17, 15) is 0 Å². The van der Waals surface area contributed by atoms with Crippen molar-refractivity contribution in [2.24, 2.45) is 0 Å². The Morgan fingerprint density at radius 1 is 1.36 bits per heavy atom. The summed E-state index contributed by atoms with van der Waals surface area (Å²) in [6.45, 7) is 1.08. The van der Waals surface area contributed by atoms with Crippen molar-refractivity contribution in [3.05, 3.63) is 30.3 Å². The summed E-state index contributed by atoms with van der Waals surface area (Å²) in [5.41, 5.74) is 0. The molecule has 0 spiro atoms. The van der Waals surface area contributed by atoms with E-state index in [0.29, 0.717) is 0 Å². The van der Waals surface area contributed by atoms with Crippen LogP contribution in [0.15, 0.2) is 30.3 Å². The molecular weight excluding hydrogens is 247 g/mol. The van der Waals surface area contributed by atoms with Crippen LogP contribution in [0.3, 0.4) is 0 Å². The standard InChI is InChI=1S/C6H5.C2H4O2.Sn/c1-2-4-6-5-3-1;1-2(3)4;/h1-5H;1H3,(H,3,4);. The summed E-state index contributed by atoms with van der Waals surface area (Å²) in [4.78, 5) is 9.00. The second-order valence-electron chi connectivity index (χ2n) is 1.89. The molecule has 0 bridgehead atoms. The normalized spacial score (nSPS) is 7.82. The number of carbonyl (C=O) groups is 1. The minimum atomic E-state index is -0.833. The van der Waals surface area contributed by atoms with Gasteiger partial charge >= 0.3 is 56.4 Å². The second kappa shape index (κ2) is 6.22. The van der Waals surface area contributed by atoms with E-state index in [1.807, 2.05) is 6.07 Å². The number of hydrogen-bond acceptors (Lipinski definition) is 1. The first-order chi connectivity index (χ1) is 5.13. The molecule has 0 saturated heterocycles. The maximum absolute atomic E-state index is 9.00. The van der Waals surface area contributed by atoms with Crippen LogP contribution in [0.4, 0.5) is 0 Å². The third-order valence-corrected chi connectivity index (χ3v) is 1.73. The minimum absolute atomic E-state index is 0.833. The molecule has 1 aromatic carbocycles. The second-order valence-corrected chi connectivity index (χ2v) is 3.53. The van der Waals surface area contributed by atoms with Gasteiger partial charge in [-0.05, 0) is 0 Å². The first-order valence-corrected chi connectivity index (χ1v) is 4.52. The molecule has 1 rings (SSSR count). The van der Waals surface area contributed by atoms with Crippen LogP contribution in [0.1, 0.15) is 6.92 Å². The molecule has 0 fully saturated rings. The van der Waals surface area contributed by atoms with Gasteiger partial charge in [-0.15, -0.1) is 0 Å². The Kier molecular flexibility index (Phi) is 5.93. The molecule has 1 N–H and O–H groups in total. The van der Waals surface area contributed by atoms with E-state index in [2.05, 4.69) is 24.3 Å². The molecule has 0 aliphatic rings. The molecule has 0 aromatic heterocycles. The van der Waals surface area contributed by atoms with Crippen LogP contribution in [0.5, 0.6) is 0 Å². The first-order valence-electron chi connectivity index (χ1n) is 3.09. The molecule has 1 aromatic rings. The van der Waals surface area contributed by atoms with Gasteiger partial charge in [-0.1, -0.05) is 0 Å². The molecule has 0 saturated carbocycles. The van der Waals surface area contributed by atoms with E-state index in [0.717, 1.165) is 6.92 Å². The average Bonchev–Trinajstić information content (AvgIpc) is 1.87. The Balaban J connectivity index is 0.000000218. The van der Waals surface area contributed by atoms with Gasteiger partial charge in [0.15, 0.2) is 0 Å². The quantitative estimate of drug-likeness (QED) is 0.689. The van der Waals surface area contributed by atoms with Crippen molar-refractivity contribution in [3.63, 3.8) is 0 Å². The molecule has 0 heterocycles. The SMILES string of the molecule is CC(=O)O.[Sn][c]1ccccc1. The number of benzene rings is 1. The Morgan fingerprint density at radius 2 is 1.73 bits per heavy atom. The number of rotatable bonds is 0. The van der Waals surface area contributed by atoms with E-state index in [4.69, 9.17) is 9.90 Å². The summed E-state index contributed by atoms with van der Waals surface area (Å²) in [5.74, 6) is -0.833. The van der Waals surface area contributed by atoms with Crippen molar-refractivity contribution in [1.29, 1.82) is 0 Å². The zero-order valence-corrected chi connectivity index (χ0v) is 9.10. The zero-order valence-electron chi connectivity index (χ0n) is 6.24. The molecule has 0 aliphatic heterocycles. The molecule has 3 radical (unpaired) electrons. The van der Waals surface area contributed by atoms with Crippen molar-refractivity contribution in [2.45, 2.75) is 6.92 Å². The zero-order chi connectivity index (χ0) is 8.69. The van der Waals surface area contributed by atoms with Crippen LogP contribution in [-0.4, -0.2) is 33.6 Å². The third-order valence-electron chi connectivity index (χ3n) is 0.774. The van der Waals surface area contributed by atoms with Crippen molar-refractivity contribution < 1.29 is 9.90 Å². The van der Waals surface area contributed by atoms with Gasteiger partial charge in [0.05, 0.1) is 0 Å². The molecule has 11 heavy (non-hydrogen) atoms. The molecule has 0 amide bonds. The first kappa shape index (κ1) is 10.5. The van der Waals surface area contributed by atoms with E-state index >= 15 is 0 Å². The Morgan fingerprint density at radius 3 is 1.91 bits per heavy atom. The molecule has 0 unspecified atom stereocenters. The van der Waals surface area contributed by atoms with Crippen molar-refractivity contribution in [3.8, 4) is 0 Å². The van der Waals surface area contributed by atoms with Gasteiger partial charge in [0, 0.05) is 6.92 Å². The number of aliphatic carboxylic acids is 1. The van der Waals surface area contributed by atoms with Crippen LogP contribution in [0.2, 0.25) is 0 Å². The van der Waals surface area contributed by atoms with Crippen LogP contribution >= 0.6 is 0 Å². The summed E-state index contributed by atoms with van der Waals surface area (Å²) < 4.78 is 1.41. The van der Waals surface area contributed by atoms with E-state index in [1.165, 1.54) is 26.1 Å². The number of carboxylic acids is 1. The molecule has 3 heteroatoms. The predicted octanol–water partition coefficient (Wildman–Crippen LogP) is 0.571. The monoisotopic (exact) mass is 257 g/mol. The van der Waals surface area contributed by atoms with Gasteiger partial charge < -0.3 is 5.11 Å². The van der Waals surface area contributed by atoms with Crippen molar-refractivity contribution in [2.75, 3.05) is 0 Å². The van der Waals surface area contributed by atoms with Crippen LogP contribution in [0.25, 0.3) is 0 Å². The van der Waals surface area contributed by atoms with Gasteiger partial charge in [-0.3, -0.25) is 4.79 Å². The Labute approximate surface area is 79.3 Å². The molecular formula is C8H9O2Sn. The maximum atomic E-state index is 9.00. The fraction of sp³-hybridized carbons (Fsp3) is 0.125. The molecule has 2 nitrogen and oxygen atoms in total. The van der Waals surface area contributed by atoms with Crippen molar-refractivity contribution in [1.82, 2.24) is 0 Å².